The second-order valence-electron chi connectivity index (χ2n) is 10.2. The van der Waals surface area contributed by atoms with Crippen LogP contribution in [0, 0.1) is 0 Å². The zero-order chi connectivity index (χ0) is 24.0. The lowest BCUT2D eigenvalue weighted by atomic mass is 9.77. The molecule has 5 rings (SSSR count). The molecule has 5 heteroatoms. The fraction of sp³-hybridized carbons (Fsp3) is 0.276. The molecule has 34 heavy (non-hydrogen) atoms. The summed E-state index contributed by atoms with van der Waals surface area (Å²) in [5.74, 6) is 0.274. The van der Waals surface area contributed by atoms with Crippen LogP contribution in [0.5, 0.6) is 5.75 Å². The number of hydrogen-bond donors (Lipinski definition) is 3. The minimum atomic E-state index is -0.499. The molecule has 2 unspecified atom stereocenters. The Labute approximate surface area is 205 Å². The average molecular weight is 473 g/mol. The Bertz CT molecular complexity index is 1290. The van der Waals surface area contributed by atoms with Crippen LogP contribution in [0.15, 0.2) is 78.0 Å². The van der Waals surface area contributed by atoms with Crippen LogP contribution >= 0.6 is 11.6 Å². The first-order valence-corrected chi connectivity index (χ1v) is 12.1. The topological polar surface area (TPSA) is 61.4 Å². The van der Waals surface area contributed by atoms with Gasteiger partial charge in [0.2, 0.25) is 0 Å². The monoisotopic (exact) mass is 472 g/mol. The molecule has 0 saturated heterocycles. The number of benzene rings is 3. The van der Waals surface area contributed by atoms with Crippen LogP contribution in [0.4, 0.5) is 11.4 Å². The van der Waals surface area contributed by atoms with E-state index in [-0.39, 0.29) is 22.9 Å². The second kappa shape index (κ2) is 8.52. The molecule has 0 aromatic heterocycles. The highest BCUT2D eigenvalue weighted by atomic mass is 35.5. The first-order valence-electron chi connectivity index (χ1n) is 11.7. The van der Waals surface area contributed by atoms with Gasteiger partial charge in [0.1, 0.15) is 5.75 Å². The number of Topliss-reactive ketones (excluding diaryl/α,β-unsaturated/α-hetero) is 1. The number of phenols is 1. The van der Waals surface area contributed by atoms with Crippen LogP contribution in [0.2, 0.25) is 5.02 Å². The van der Waals surface area contributed by atoms with Crippen molar-refractivity contribution >= 4 is 28.8 Å². The highest BCUT2D eigenvalue weighted by Crippen LogP contribution is 2.46. The number of phenolic OH excluding ortho intramolecular Hbond substituents is 1. The van der Waals surface area contributed by atoms with E-state index in [1.807, 2.05) is 24.3 Å². The Morgan fingerprint density at radius 1 is 0.941 bits per heavy atom. The van der Waals surface area contributed by atoms with Gasteiger partial charge < -0.3 is 15.7 Å². The van der Waals surface area contributed by atoms with Crippen LogP contribution < -0.4 is 10.6 Å². The van der Waals surface area contributed by atoms with Crippen molar-refractivity contribution < 1.29 is 9.90 Å². The number of carbonyl (C=O) groups excluding carboxylic acids is 1. The number of rotatable bonds is 2. The lowest BCUT2D eigenvalue weighted by Crippen LogP contribution is -2.27. The Morgan fingerprint density at radius 2 is 1.65 bits per heavy atom. The van der Waals surface area contributed by atoms with Crippen molar-refractivity contribution in [2.24, 2.45) is 0 Å². The van der Waals surface area contributed by atoms with Gasteiger partial charge in [0.05, 0.1) is 17.4 Å². The number of fused-ring (bicyclic) bond motifs is 1. The number of carbonyl (C=O) groups is 1. The predicted octanol–water partition coefficient (Wildman–Crippen LogP) is 7.32. The van der Waals surface area contributed by atoms with Crippen molar-refractivity contribution in [3.63, 3.8) is 0 Å². The van der Waals surface area contributed by atoms with Crippen LogP contribution in [-0.2, 0) is 10.2 Å². The van der Waals surface area contributed by atoms with Crippen molar-refractivity contribution in [1.29, 1.82) is 0 Å². The second-order valence-corrected chi connectivity index (χ2v) is 10.7. The molecule has 174 valence electrons. The van der Waals surface area contributed by atoms with Gasteiger partial charge in [-0.15, -0.1) is 0 Å². The standard InChI is InChI=1S/C29H29ClN2O2/c1-29(2,3)19-10-8-17(9-11-19)18-14-24-27(26(34)15-18)28(21-16-20(30)12-13-25(21)33)32-23-7-5-4-6-22(23)31-24/h4-13,16,18,28,31-33H,14-15H2,1-3H3. The summed E-state index contributed by atoms with van der Waals surface area (Å²) in [5, 5.41) is 18.2. The highest BCUT2D eigenvalue weighted by Gasteiger charge is 2.37. The highest BCUT2D eigenvalue weighted by molar-refractivity contribution is 6.30. The third-order valence-corrected chi connectivity index (χ3v) is 7.09. The predicted molar refractivity (Wildman–Crippen MR) is 139 cm³/mol. The summed E-state index contributed by atoms with van der Waals surface area (Å²) in [7, 11) is 0. The number of aromatic hydroxyl groups is 1. The fourth-order valence-corrected chi connectivity index (χ4v) is 5.15. The molecule has 0 fully saturated rings. The quantitative estimate of drug-likeness (QED) is 0.365. The van der Waals surface area contributed by atoms with E-state index in [0.29, 0.717) is 29.0 Å². The van der Waals surface area contributed by atoms with E-state index >= 15 is 0 Å². The number of hydrogen-bond acceptors (Lipinski definition) is 4. The SMILES string of the molecule is CC(C)(C)c1ccc(C2CC(=O)C3=C(C2)Nc2ccccc2NC3c2cc(Cl)ccc2O)cc1. The number of anilines is 2. The molecule has 3 aromatic carbocycles. The summed E-state index contributed by atoms with van der Waals surface area (Å²) in [6, 6.07) is 21.0. The summed E-state index contributed by atoms with van der Waals surface area (Å²) in [6.07, 6.45) is 1.13. The van der Waals surface area contributed by atoms with Crippen LogP contribution in [-0.4, -0.2) is 10.9 Å². The first kappa shape index (κ1) is 22.5. The maximum atomic E-state index is 13.7. The van der Waals surface area contributed by atoms with E-state index in [1.165, 1.54) is 11.1 Å². The van der Waals surface area contributed by atoms with Gasteiger partial charge in [0, 0.05) is 28.3 Å². The Hall–Kier alpha value is -3.24. The smallest absolute Gasteiger partial charge is 0.163 e. The van der Waals surface area contributed by atoms with Crippen molar-refractivity contribution in [3.8, 4) is 5.75 Å². The number of para-hydroxylation sites is 2. The first-order chi connectivity index (χ1) is 16.2. The van der Waals surface area contributed by atoms with Crippen LogP contribution in [0.3, 0.4) is 0 Å². The summed E-state index contributed by atoms with van der Waals surface area (Å²) < 4.78 is 0. The molecule has 0 saturated carbocycles. The van der Waals surface area contributed by atoms with E-state index in [4.69, 9.17) is 11.6 Å². The molecule has 1 aliphatic carbocycles. The molecular formula is C29H29ClN2O2. The van der Waals surface area contributed by atoms with Gasteiger partial charge in [-0.25, -0.2) is 0 Å². The lowest BCUT2D eigenvalue weighted by molar-refractivity contribution is -0.116. The molecule has 0 bridgehead atoms. The summed E-state index contributed by atoms with van der Waals surface area (Å²) >= 11 is 6.28. The van der Waals surface area contributed by atoms with Crippen LogP contribution in [0.25, 0.3) is 0 Å². The molecular weight excluding hydrogens is 444 g/mol. The van der Waals surface area contributed by atoms with Crippen molar-refractivity contribution in [2.45, 2.75) is 51.0 Å². The number of ketones is 1. The van der Waals surface area contributed by atoms with E-state index < -0.39 is 6.04 Å². The molecule has 0 radical (unpaired) electrons. The van der Waals surface area contributed by atoms with E-state index in [2.05, 4.69) is 55.7 Å². The van der Waals surface area contributed by atoms with Gasteiger partial charge in [0.15, 0.2) is 5.78 Å². The average Bonchev–Trinajstić information content (AvgIpc) is 2.97. The largest absolute Gasteiger partial charge is 0.508 e. The van der Waals surface area contributed by atoms with Gasteiger partial charge in [0.25, 0.3) is 0 Å². The molecule has 1 heterocycles. The van der Waals surface area contributed by atoms with Gasteiger partial charge in [-0.1, -0.05) is 68.8 Å². The molecule has 2 atom stereocenters. The minimum Gasteiger partial charge on any atom is -0.508 e. The molecule has 3 aromatic rings. The third-order valence-electron chi connectivity index (χ3n) is 6.86. The summed E-state index contributed by atoms with van der Waals surface area (Å²) in [5.41, 5.74) is 6.47. The van der Waals surface area contributed by atoms with E-state index in [0.717, 1.165) is 17.1 Å². The van der Waals surface area contributed by atoms with E-state index in [9.17, 15) is 9.90 Å². The van der Waals surface area contributed by atoms with Gasteiger partial charge in [-0.2, -0.15) is 0 Å². The fourth-order valence-electron chi connectivity index (χ4n) is 4.97. The zero-order valence-corrected chi connectivity index (χ0v) is 20.4. The third kappa shape index (κ3) is 4.19. The Balaban J connectivity index is 1.58. The number of allylic oxidation sites excluding steroid dienone is 1. The molecule has 4 nitrogen and oxygen atoms in total. The van der Waals surface area contributed by atoms with E-state index in [1.54, 1.807) is 18.2 Å². The molecule has 1 aliphatic heterocycles. The minimum absolute atomic E-state index is 0.0725. The Kier molecular flexibility index (Phi) is 5.65. The molecule has 2 aliphatic rings. The van der Waals surface area contributed by atoms with Crippen molar-refractivity contribution in [2.75, 3.05) is 10.6 Å². The normalized spacial score (nSPS) is 20.1. The Morgan fingerprint density at radius 3 is 2.35 bits per heavy atom. The number of nitrogens with one attached hydrogen (secondary N) is 2. The maximum Gasteiger partial charge on any atom is 0.163 e. The van der Waals surface area contributed by atoms with Gasteiger partial charge in [-0.05, 0) is 59.2 Å². The maximum absolute atomic E-state index is 13.7. The summed E-state index contributed by atoms with van der Waals surface area (Å²) in [4.78, 5) is 13.7. The van der Waals surface area contributed by atoms with Crippen LogP contribution in [0.1, 0.15) is 62.3 Å². The molecule has 0 amide bonds. The molecule has 0 spiro atoms. The molecule has 3 N–H and O–H groups in total. The summed E-state index contributed by atoms with van der Waals surface area (Å²) in [6.45, 7) is 6.61. The lowest BCUT2D eigenvalue weighted by Gasteiger charge is -2.30. The van der Waals surface area contributed by atoms with Gasteiger partial charge in [-0.3, -0.25) is 4.79 Å². The van der Waals surface area contributed by atoms with Crippen molar-refractivity contribution in [1.82, 2.24) is 0 Å². The number of halogens is 1. The van der Waals surface area contributed by atoms with Crippen molar-refractivity contribution in [3.05, 3.63) is 99.7 Å². The van der Waals surface area contributed by atoms with Gasteiger partial charge >= 0.3 is 0 Å². The zero-order valence-electron chi connectivity index (χ0n) is 19.7.